The topological polar surface area (TPSA) is 98.3 Å². The molecule has 0 aliphatic carbocycles. The number of aryl methyl sites for hydroxylation is 1. The molecule has 2 rings (SSSR count). The Kier molecular flexibility index (Phi) is 2.80. The fourth-order valence-electron chi connectivity index (χ4n) is 1.61. The number of carboxylic acids is 1. The Balaban J connectivity index is 2.64. The van der Waals surface area contributed by atoms with Crippen LogP contribution in [-0.4, -0.2) is 25.6 Å². The van der Waals surface area contributed by atoms with Gasteiger partial charge in [-0.1, -0.05) is 0 Å². The van der Waals surface area contributed by atoms with Crippen LogP contribution < -0.4 is 0 Å². The summed E-state index contributed by atoms with van der Waals surface area (Å²) in [6.07, 6.45) is 3.21. The average molecular weight is 247 g/mol. The first-order chi connectivity index (χ1) is 8.49. The third-order valence-electron chi connectivity index (χ3n) is 2.45. The Morgan fingerprint density at radius 1 is 1.44 bits per heavy atom. The number of carbonyl (C=O) groups is 1. The molecule has 1 heterocycles. The Labute approximate surface area is 101 Å². The number of imidazole rings is 1. The van der Waals surface area contributed by atoms with Crippen molar-refractivity contribution in [3.63, 3.8) is 0 Å². The van der Waals surface area contributed by atoms with Crippen molar-refractivity contribution < 1.29 is 14.8 Å². The van der Waals surface area contributed by atoms with Gasteiger partial charge in [0.15, 0.2) is 0 Å². The van der Waals surface area contributed by atoms with Gasteiger partial charge in [0.1, 0.15) is 5.82 Å². The minimum Gasteiger partial charge on any atom is -0.478 e. The fraction of sp³-hybridized carbons (Fsp3) is 0.0909. The molecule has 0 saturated carbocycles. The van der Waals surface area contributed by atoms with E-state index in [-0.39, 0.29) is 11.3 Å². The van der Waals surface area contributed by atoms with Crippen LogP contribution in [0.25, 0.3) is 11.4 Å². The molecule has 1 aromatic heterocycles. The first-order valence-corrected chi connectivity index (χ1v) is 4.99. The largest absolute Gasteiger partial charge is 0.478 e. The van der Waals surface area contributed by atoms with Gasteiger partial charge in [-0.25, -0.2) is 9.78 Å². The standard InChI is InChI=1S/C11H9N3O4/c1-13-3-2-12-10(13)7-4-8(11(15)16)6-9(5-7)14(17)18/h2-6H,1H3,(H,15,16). The van der Waals surface area contributed by atoms with Crippen LogP contribution in [0.5, 0.6) is 0 Å². The summed E-state index contributed by atoms with van der Waals surface area (Å²) in [6.45, 7) is 0. The van der Waals surface area contributed by atoms with E-state index in [0.717, 1.165) is 6.07 Å². The lowest BCUT2D eigenvalue weighted by atomic mass is 10.1. The molecule has 0 spiro atoms. The quantitative estimate of drug-likeness (QED) is 0.657. The number of hydrogen-bond donors (Lipinski definition) is 1. The van der Waals surface area contributed by atoms with Crippen LogP contribution in [0.4, 0.5) is 5.69 Å². The third-order valence-corrected chi connectivity index (χ3v) is 2.45. The van der Waals surface area contributed by atoms with Gasteiger partial charge in [0.25, 0.3) is 5.69 Å². The lowest BCUT2D eigenvalue weighted by Gasteiger charge is -2.03. The number of non-ortho nitro benzene ring substituents is 1. The van der Waals surface area contributed by atoms with E-state index in [9.17, 15) is 14.9 Å². The summed E-state index contributed by atoms with van der Waals surface area (Å²) < 4.78 is 1.66. The molecule has 0 unspecified atom stereocenters. The molecule has 0 aliphatic heterocycles. The number of nitro benzene ring substituents is 1. The van der Waals surface area contributed by atoms with E-state index in [0.29, 0.717) is 11.4 Å². The third kappa shape index (κ3) is 2.05. The molecule has 7 nitrogen and oxygen atoms in total. The molecule has 0 aliphatic rings. The first-order valence-electron chi connectivity index (χ1n) is 4.99. The van der Waals surface area contributed by atoms with Crippen molar-refractivity contribution in [2.75, 3.05) is 0 Å². The fourth-order valence-corrected chi connectivity index (χ4v) is 1.61. The van der Waals surface area contributed by atoms with Crippen molar-refractivity contribution in [2.45, 2.75) is 0 Å². The van der Waals surface area contributed by atoms with Crippen LogP contribution in [0.3, 0.4) is 0 Å². The predicted molar refractivity (Wildman–Crippen MR) is 62.3 cm³/mol. The van der Waals surface area contributed by atoms with Gasteiger partial charge in [-0.3, -0.25) is 10.1 Å². The van der Waals surface area contributed by atoms with E-state index in [1.54, 1.807) is 17.8 Å². The van der Waals surface area contributed by atoms with E-state index in [1.165, 1.54) is 18.3 Å². The number of aromatic carboxylic acids is 1. The van der Waals surface area contributed by atoms with Gasteiger partial charge >= 0.3 is 5.97 Å². The number of aromatic nitrogens is 2. The van der Waals surface area contributed by atoms with E-state index < -0.39 is 10.9 Å². The lowest BCUT2D eigenvalue weighted by molar-refractivity contribution is -0.384. The maximum absolute atomic E-state index is 10.9. The highest BCUT2D eigenvalue weighted by Crippen LogP contribution is 2.24. The number of nitro groups is 1. The predicted octanol–water partition coefficient (Wildman–Crippen LogP) is 1.69. The summed E-state index contributed by atoms with van der Waals surface area (Å²) in [6, 6.07) is 3.68. The van der Waals surface area contributed by atoms with E-state index in [2.05, 4.69) is 4.98 Å². The molecule has 2 aromatic rings. The Hall–Kier alpha value is -2.70. The summed E-state index contributed by atoms with van der Waals surface area (Å²) in [5, 5.41) is 19.7. The van der Waals surface area contributed by atoms with Gasteiger partial charge in [0, 0.05) is 37.1 Å². The van der Waals surface area contributed by atoms with Crippen LogP contribution >= 0.6 is 0 Å². The van der Waals surface area contributed by atoms with Crippen molar-refractivity contribution in [3.05, 3.63) is 46.3 Å². The normalized spacial score (nSPS) is 10.3. The average Bonchev–Trinajstić information content (AvgIpc) is 2.74. The summed E-state index contributed by atoms with van der Waals surface area (Å²) in [5.41, 5.74) is -0.01000. The summed E-state index contributed by atoms with van der Waals surface area (Å²) in [7, 11) is 1.72. The van der Waals surface area contributed by atoms with Gasteiger partial charge in [0.05, 0.1) is 10.5 Å². The van der Waals surface area contributed by atoms with Crippen LogP contribution in [0.15, 0.2) is 30.6 Å². The Bertz CT molecular complexity index is 601. The van der Waals surface area contributed by atoms with Gasteiger partial charge in [-0.15, -0.1) is 0 Å². The van der Waals surface area contributed by atoms with Gasteiger partial charge < -0.3 is 9.67 Å². The minimum absolute atomic E-state index is 0.137. The van der Waals surface area contributed by atoms with E-state index in [1.807, 2.05) is 0 Å². The zero-order chi connectivity index (χ0) is 13.3. The summed E-state index contributed by atoms with van der Waals surface area (Å²) >= 11 is 0. The lowest BCUT2D eigenvalue weighted by Crippen LogP contribution is -2.00. The van der Waals surface area contributed by atoms with Crippen molar-refractivity contribution in [1.29, 1.82) is 0 Å². The van der Waals surface area contributed by atoms with Crippen molar-refractivity contribution >= 4 is 11.7 Å². The first kappa shape index (κ1) is 11.8. The molecule has 7 heteroatoms. The highest BCUT2D eigenvalue weighted by Gasteiger charge is 2.16. The highest BCUT2D eigenvalue weighted by atomic mass is 16.6. The number of benzene rings is 1. The molecular formula is C11H9N3O4. The van der Waals surface area contributed by atoms with Crippen LogP contribution in [-0.2, 0) is 7.05 Å². The molecule has 1 N–H and O–H groups in total. The second-order valence-corrected chi connectivity index (χ2v) is 3.69. The molecule has 0 saturated heterocycles. The van der Waals surface area contributed by atoms with Gasteiger partial charge in [-0.05, 0) is 6.07 Å². The molecule has 0 atom stereocenters. The second-order valence-electron chi connectivity index (χ2n) is 3.69. The Morgan fingerprint density at radius 3 is 2.67 bits per heavy atom. The van der Waals surface area contributed by atoms with E-state index in [4.69, 9.17) is 5.11 Å². The number of hydrogen-bond acceptors (Lipinski definition) is 4. The summed E-state index contributed by atoms with van der Waals surface area (Å²) in [4.78, 5) is 25.1. The van der Waals surface area contributed by atoms with Gasteiger partial charge in [0.2, 0.25) is 0 Å². The molecular weight excluding hydrogens is 238 g/mol. The minimum atomic E-state index is -1.21. The zero-order valence-corrected chi connectivity index (χ0v) is 9.40. The number of rotatable bonds is 3. The molecule has 92 valence electrons. The molecule has 1 aromatic carbocycles. The maximum Gasteiger partial charge on any atom is 0.335 e. The number of nitrogens with zero attached hydrogens (tertiary/aromatic N) is 3. The second kappa shape index (κ2) is 4.28. The van der Waals surface area contributed by atoms with Crippen molar-refractivity contribution in [3.8, 4) is 11.4 Å². The maximum atomic E-state index is 10.9. The van der Waals surface area contributed by atoms with Crippen LogP contribution in [0, 0.1) is 10.1 Å². The van der Waals surface area contributed by atoms with Gasteiger partial charge in [-0.2, -0.15) is 0 Å². The van der Waals surface area contributed by atoms with Crippen LogP contribution in [0.2, 0.25) is 0 Å². The monoisotopic (exact) mass is 247 g/mol. The van der Waals surface area contributed by atoms with E-state index >= 15 is 0 Å². The van der Waals surface area contributed by atoms with Crippen molar-refractivity contribution in [2.24, 2.45) is 7.05 Å². The molecule has 0 amide bonds. The smallest absolute Gasteiger partial charge is 0.335 e. The zero-order valence-electron chi connectivity index (χ0n) is 9.40. The van der Waals surface area contributed by atoms with Crippen LogP contribution in [0.1, 0.15) is 10.4 Å². The molecule has 0 radical (unpaired) electrons. The molecule has 0 fully saturated rings. The Morgan fingerprint density at radius 2 is 2.17 bits per heavy atom. The SMILES string of the molecule is Cn1ccnc1-c1cc(C(=O)O)cc([N+](=O)[O-])c1. The van der Waals surface area contributed by atoms with Crippen molar-refractivity contribution in [1.82, 2.24) is 9.55 Å². The highest BCUT2D eigenvalue weighted by molar-refractivity contribution is 5.90. The summed E-state index contributed by atoms with van der Waals surface area (Å²) in [5.74, 6) is -0.740. The number of carboxylic acid groups (broad SMARTS) is 1. The molecule has 0 bridgehead atoms. The molecule has 18 heavy (non-hydrogen) atoms.